The number of aromatic nitrogens is 2. The summed E-state index contributed by atoms with van der Waals surface area (Å²) in [6, 6.07) is 15.6. The highest BCUT2D eigenvalue weighted by molar-refractivity contribution is 5.91. The topological polar surface area (TPSA) is 67.2 Å². The molecule has 30 heavy (non-hydrogen) atoms. The molecule has 1 aromatic heterocycles. The van der Waals surface area contributed by atoms with Gasteiger partial charge in [-0.15, -0.1) is 0 Å². The molecular formula is C24H28N4O2. The van der Waals surface area contributed by atoms with E-state index < -0.39 is 5.92 Å². The highest BCUT2D eigenvalue weighted by atomic mass is 16.2. The molecule has 1 aliphatic rings. The summed E-state index contributed by atoms with van der Waals surface area (Å²) in [7, 11) is 0. The molecule has 1 N–H and O–H groups in total. The Hall–Kier alpha value is -3.15. The summed E-state index contributed by atoms with van der Waals surface area (Å²) < 4.78 is 1.43. The van der Waals surface area contributed by atoms with Gasteiger partial charge in [0.25, 0.3) is 5.56 Å². The molecule has 0 aliphatic carbocycles. The molecule has 2 heterocycles. The minimum Gasteiger partial charge on any atom is -0.371 e. The maximum atomic E-state index is 13.0. The Balaban J connectivity index is 1.57. The second-order valence-electron chi connectivity index (χ2n) is 7.81. The van der Waals surface area contributed by atoms with Crippen molar-refractivity contribution in [3.63, 3.8) is 0 Å². The van der Waals surface area contributed by atoms with E-state index in [1.807, 2.05) is 44.2 Å². The fraction of sp³-hybridized carbons (Fsp3) is 0.375. The van der Waals surface area contributed by atoms with E-state index >= 15 is 0 Å². The molecule has 0 radical (unpaired) electrons. The first-order chi connectivity index (χ1) is 14.6. The lowest BCUT2D eigenvalue weighted by molar-refractivity contribution is -0.122. The number of para-hydroxylation sites is 1. The number of fused-ring (bicyclic) bond motifs is 1. The summed E-state index contributed by atoms with van der Waals surface area (Å²) in [5, 5.41) is 8.94. The van der Waals surface area contributed by atoms with E-state index in [0.29, 0.717) is 24.2 Å². The van der Waals surface area contributed by atoms with Crippen LogP contribution in [-0.4, -0.2) is 28.8 Å². The summed E-state index contributed by atoms with van der Waals surface area (Å²) in [5.41, 5.74) is 2.84. The summed E-state index contributed by atoms with van der Waals surface area (Å²) in [6.07, 6.45) is 2.42. The molecule has 1 fully saturated rings. The number of benzene rings is 2. The van der Waals surface area contributed by atoms with Crippen molar-refractivity contribution in [2.75, 3.05) is 18.0 Å². The van der Waals surface area contributed by atoms with E-state index in [1.165, 1.54) is 23.2 Å². The van der Waals surface area contributed by atoms with Crippen LogP contribution in [0.2, 0.25) is 0 Å². The normalized spacial score (nSPS) is 14.8. The highest BCUT2D eigenvalue weighted by Gasteiger charge is 2.22. The smallest absolute Gasteiger partial charge is 0.274 e. The van der Waals surface area contributed by atoms with E-state index in [4.69, 9.17) is 0 Å². The quantitative estimate of drug-likeness (QED) is 0.683. The molecule has 0 saturated carbocycles. The van der Waals surface area contributed by atoms with E-state index in [-0.39, 0.29) is 11.5 Å². The third-order valence-corrected chi connectivity index (χ3v) is 5.89. The van der Waals surface area contributed by atoms with Crippen LogP contribution in [0, 0.1) is 0 Å². The van der Waals surface area contributed by atoms with Crippen molar-refractivity contribution in [1.82, 2.24) is 15.1 Å². The van der Waals surface area contributed by atoms with Crippen LogP contribution in [0.15, 0.2) is 53.3 Å². The third kappa shape index (κ3) is 3.82. The Morgan fingerprint density at radius 3 is 2.47 bits per heavy atom. The van der Waals surface area contributed by atoms with Gasteiger partial charge in [-0.2, -0.15) is 5.10 Å². The Morgan fingerprint density at radius 1 is 1.07 bits per heavy atom. The zero-order valence-electron chi connectivity index (χ0n) is 17.6. The van der Waals surface area contributed by atoms with Crippen molar-refractivity contribution in [1.29, 1.82) is 0 Å². The van der Waals surface area contributed by atoms with E-state index in [9.17, 15) is 9.59 Å². The molecule has 1 saturated heterocycles. The molecule has 1 atom stereocenters. The molecule has 0 spiro atoms. The standard InChI is InChI=1S/C24H28N4O2/c1-3-28-24(30)20-12-6-5-11-19(20)22(26-28)17(2)23(29)25-16-18-10-4-7-13-21(18)27-14-8-9-15-27/h4-7,10-13,17H,3,8-9,14-16H2,1-2H3,(H,25,29)/t17-/m1/s1. The van der Waals surface area contributed by atoms with Crippen LogP contribution < -0.4 is 15.8 Å². The van der Waals surface area contributed by atoms with Crippen LogP contribution in [0.3, 0.4) is 0 Å². The van der Waals surface area contributed by atoms with Crippen molar-refractivity contribution >= 4 is 22.4 Å². The molecule has 156 valence electrons. The minimum absolute atomic E-state index is 0.0924. The van der Waals surface area contributed by atoms with Gasteiger partial charge in [-0.1, -0.05) is 36.4 Å². The van der Waals surface area contributed by atoms with Gasteiger partial charge in [0.2, 0.25) is 5.91 Å². The number of aryl methyl sites for hydroxylation is 1. The van der Waals surface area contributed by atoms with Gasteiger partial charge in [0.15, 0.2) is 0 Å². The minimum atomic E-state index is -0.466. The molecular weight excluding hydrogens is 376 g/mol. The number of amides is 1. The summed E-state index contributed by atoms with van der Waals surface area (Å²) in [4.78, 5) is 28.0. The Kier molecular flexibility index (Phi) is 5.84. The number of hydrogen-bond acceptors (Lipinski definition) is 4. The lowest BCUT2D eigenvalue weighted by atomic mass is 10.0. The first kappa shape index (κ1) is 20.1. The number of nitrogens with one attached hydrogen (secondary N) is 1. The number of hydrogen-bond donors (Lipinski definition) is 1. The van der Waals surface area contributed by atoms with Gasteiger partial charge in [-0.3, -0.25) is 9.59 Å². The molecule has 1 amide bonds. The van der Waals surface area contributed by atoms with Gasteiger partial charge >= 0.3 is 0 Å². The summed E-state index contributed by atoms with van der Waals surface area (Å²) in [6.45, 7) is 6.80. The summed E-state index contributed by atoms with van der Waals surface area (Å²) in [5.74, 6) is -0.558. The van der Waals surface area contributed by atoms with Crippen molar-refractivity contribution in [2.24, 2.45) is 0 Å². The zero-order valence-corrected chi connectivity index (χ0v) is 17.6. The predicted molar refractivity (Wildman–Crippen MR) is 120 cm³/mol. The van der Waals surface area contributed by atoms with Gasteiger partial charge in [0, 0.05) is 37.3 Å². The average Bonchev–Trinajstić information content (AvgIpc) is 3.32. The molecule has 6 nitrogen and oxygen atoms in total. The van der Waals surface area contributed by atoms with E-state index in [2.05, 4.69) is 27.4 Å². The fourth-order valence-electron chi connectivity index (χ4n) is 4.18. The van der Waals surface area contributed by atoms with Crippen molar-refractivity contribution in [3.05, 3.63) is 70.1 Å². The number of rotatable bonds is 6. The third-order valence-electron chi connectivity index (χ3n) is 5.89. The molecule has 0 unspecified atom stereocenters. The second-order valence-corrected chi connectivity index (χ2v) is 7.81. The van der Waals surface area contributed by atoms with Gasteiger partial charge in [-0.25, -0.2) is 4.68 Å². The number of carbonyl (C=O) groups excluding carboxylic acids is 1. The number of anilines is 1. The maximum absolute atomic E-state index is 13.0. The zero-order chi connectivity index (χ0) is 21.1. The van der Waals surface area contributed by atoms with Gasteiger partial charge in [0.1, 0.15) is 0 Å². The van der Waals surface area contributed by atoms with E-state index in [0.717, 1.165) is 24.0 Å². The van der Waals surface area contributed by atoms with Gasteiger partial charge in [0.05, 0.1) is 17.0 Å². The molecule has 4 rings (SSSR count). The highest BCUT2D eigenvalue weighted by Crippen LogP contribution is 2.25. The SMILES string of the molecule is CCn1nc([C@@H](C)C(=O)NCc2ccccc2N2CCCC2)c2ccccc2c1=O. The van der Waals surface area contributed by atoms with Gasteiger partial charge < -0.3 is 10.2 Å². The lowest BCUT2D eigenvalue weighted by Gasteiger charge is -2.22. The monoisotopic (exact) mass is 404 g/mol. The van der Waals surface area contributed by atoms with Crippen LogP contribution >= 0.6 is 0 Å². The first-order valence-corrected chi connectivity index (χ1v) is 10.7. The first-order valence-electron chi connectivity index (χ1n) is 10.7. The Morgan fingerprint density at radius 2 is 1.73 bits per heavy atom. The molecule has 3 aromatic rings. The molecule has 0 bridgehead atoms. The molecule has 2 aromatic carbocycles. The van der Waals surface area contributed by atoms with Crippen molar-refractivity contribution < 1.29 is 4.79 Å². The van der Waals surface area contributed by atoms with Gasteiger partial charge in [-0.05, 0) is 44.4 Å². The van der Waals surface area contributed by atoms with Crippen LogP contribution in [0.5, 0.6) is 0 Å². The van der Waals surface area contributed by atoms with Crippen LogP contribution in [-0.2, 0) is 17.9 Å². The lowest BCUT2D eigenvalue weighted by Crippen LogP contribution is -2.31. The number of carbonyl (C=O) groups is 1. The van der Waals surface area contributed by atoms with E-state index in [1.54, 1.807) is 6.07 Å². The van der Waals surface area contributed by atoms with Crippen LogP contribution in [0.4, 0.5) is 5.69 Å². The van der Waals surface area contributed by atoms with Crippen molar-refractivity contribution in [3.8, 4) is 0 Å². The molecule has 1 aliphatic heterocycles. The summed E-state index contributed by atoms with van der Waals surface area (Å²) >= 11 is 0. The Labute approximate surface area is 176 Å². The Bertz CT molecular complexity index is 1120. The van der Waals surface area contributed by atoms with Crippen LogP contribution in [0.25, 0.3) is 10.8 Å². The number of nitrogens with zero attached hydrogens (tertiary/aromatic N) is 3. The maximum Gasteiger partial charge on any atom is 0.274 e. The predicted octanol–water partition coefficient (Wildman–Crippen LogP) is 3.44. The molecule has 6 heteroatoms. The van der Waals surface area contributed by atoms with Crippen molar-refractivity contribution in [2.45, 2.75) is 45.7 Å². The second kappa shape index (κ2) is 8.69. The fourth-order valence-corrected chi connectivity index (χ4v) is 4.18. The average molecular weight is 405 g/mol. The largest absolute Gasteiger partial charge is 0.371 e. The van der Waals surface area contributed by atoms with Crippen LogP contribution in [0.1, 0.15) is 43.9 Å².